The van der Waals surface area contributed by atoms with Crippen LogP contribution in [-0.4, -0.2) is 30.8 Å². The first-order chi connectivity index (χ1) is 9.97. The van der Waals surface area contributed by atoms with E-state index in [0.717, 1.165) is 31.2 Å². The van der Waals surface area contributed by atoms with Crippen LogP contribution in [-0.2, 0) is 15.9 Å². The van der Waals surface area contributed by atoms with Crippen LogP contribution in [0, 0.1) is 5.41 Å². The average molecular weight is 331 g/mol. The Labute approximate surface area is 132 Å². The lowest BCUT2D eigenvalue weighted by atomic mass is 9.75. The minimum Gasteiger partial charge on any atom is -0.243 e. The maximum atomic E-state index is 12.6. The largest absolute Gasteiger partial charge is 0.260 e. The van der Waals surface area contributed by atoms with Crippen molar-refractivity contribution in [1.29, 1.82) is 0 Å². The van der Waals surface area contributed by atoms with Crippen LogP contribution in [0.1, 0.15) is 45.1 Å². The molecule has 0 unspecified atom stereocenters. The molecule has 1 aliphatic heterocycles. The van der Waals surface area contributed by atoms with Gasteiger partial charge in [-0.3, -0.25) is 0 Å². The van der Waals surface area contributed by atoms with Gasteiger partial charge in [0.25, 0.3) is 10.0 Å². The predicted molar refractivity (Wildman–Crippen MR) is 84.8 cm³/mol. The summed E-state index contributed by atoms with van der Waals surface area (Å²) >= 11 is 5.71. The molecule has 1 aromatic heterocycles. The van der Waals surface area contributed by atoms with Crippen LogP contribution in [0.25, 0.3) is 0 Å². The summed E-state index contributed by atoms with van der Waals surface area (Å²) in [6.07, 6.45) is 5.62. The molecule has 1 saturated heterocycles. The Morgan fingerprint density at radius 1 is 1.24 bits per heavy atom. The fourth-order valence-corrected chi connectivity index (χ4v) is 4.44. The maximum absolute atomic E-state index is 12.6. The summed E-state index contributed by atoms with van der Waals surface area (Å²) in [5.41, 5.74) is 1.13. The Bertz CT molecular complexity index is 558. The summed E-state index contributed by atoms with van der Waals surface area (Å²) < 4.78 is 26.8. The van der Waals surface area contributed by atoms with Gasteiger partial charge in [-0.2, -0.15) is 4.31 Å². The van der Waals surface area contributed by atoms with Crippen molar-refractivity contribution in [3.63, 3.8) is 0 Å². The van der Waals surface area contributed by atoms with Gasteiger partial charge in [0.05, 0.1) is 0 Å². The first-order valence-corrected chi connectivity index (χ1v) is 9.46. The van der Waals surface area contributed by atoms with Gasteiger partial charge in [0.1, 0.15) is 0 Å². The second-order valence-corrected chi connectivity index (χ2v) is 7.90. The summed E-state index contributed by atoms with van der Waals surface area (Å²) in [6.45, 7) is 5.56. The molecular weight excluding hydrogens is 308 g/mol. The van der Waals surface area contributed by atoms with Crippen LogP contribution in [0.5, 0.6) is 0 Å². The molecule has 0 amide bonds. The number of halogens is 1. The van der Waals surface area contributed by atoms with Crippen LogP contribution < -0.4 is 0 Å². The summed E-state index contributed by atoms with van der Waals surface area (Å²) in [4.78, 5) is 4.06. The molecule has 0 aromatic carbocycles. The molecule has 0 N–H and O–H groups in total. The minimum atomic E-state index is -3.47. The third-order valence-corrected chi connectivity index (χ3v) is 6.96. The fourth-order valence-electron chi connectivity index (χ4n) is 2.93. The monoisotopic (exact) mass is 330 g/mol. The molecule has 0 saturated carbocycles. The normalized spacial score (nSPS) is 19.6. The predicted octanol–water partition coefficient (Wildman–Crippen LogP) is 3.41. The van der Waals surface area contributed by atoms with E-state index >= 15 is 0 Å². The molecule has 6 heteroatoms. The summed E-state index contributed by atoms with van der Waals surface area (Å²) in [5, 5.41) is 0.122. The van der Waals surface area contributed by atoms with Gasteiger partial charge in [-0.05, 0) is 29.9 Å². The van der Waals surface area contributed by atoms with Crippen molar-refractivity contribution in [2.45, 2.75) is 50.4 Å². The zero-order valence-corrected chi connectivity index (χ0v) is 14.3. The maximum Gasteiger partial charge on any atom is 0.260 e. The Morgan fingerprint density at radius 3 is 2.29 bits per heavy atom. The van der Waals surface area contributed by atoms with Crippen LogP contribution in [0.15, 0.2) is 23.4 Å². The molecule has 0 atom stereocenters. The zero-order chi connectivity index (χ0) is 15.5. The van der Waals surface area contributed by atoms with E-state index in [1.165, 1.54) is 6.20 Å². The number of sulfonamides is 1. The Morgan fingerprint density at radius 2 is 1.86 bits per heavy atom. The standard InChI is InChI=1S/C15H23ClN2O2S/c1-3-15(4-2)7-9-18(10-8-15)21(19,20)14-6-5-13(11-16)12-17-14/h5-6,12H,3-4,7-11H2,1-2H3. The van der Waals surface area contributed by atoms with E-state index in [1.54, 1.807) is 16.4 Å². The van der Waals surface area contributed by atoms with Crippen molar-refractivity contribution in [2.24, 2.45) is 5.41 Å². The molecule has 0 radical (unpaired) electrons. The lowest BCUT2D eigenvalue weighted by molar-refractivity contribution is 0.141. The van der Waals surface area contributed by atoms with Crippen LogP contribution in [0.4, 0.5) is 0 Å². The van der Waals surface area contributed by atoms with Crippen molar-refractivity contribution in [2.75, 3.05) is 13.1 Å². The number of alkyl halides is 1. The SMILES string of the molecule is CCC1(CC)CCN(S(=O)(=O)c2ccc(CCl)cn2)CC1. The van der Waals surface area contributed by atoms with Gasteiger partial charge in [0.2, 0.25) is 0 Å². The number of aromatic nitrogens is 1. The van der Waals surface area contributed by atoms with Crippen LogP contribution in [0.2, 0.25) is 0 Å². The number of hydrogen-bond donors (Lipinski definition) is 0. The third-order valence-electron chi connectivity index (χ3n) is 4.84. The fraction of sp³-hybridized carbons (Fsp3) is 0.667. The van der Waals surface area contributed by atoms with Crippen molar-refractivity contribution in [3.05, 3.63) is 23.9 Å². The summed E-state index contributed by atoms with van der Waals surface area (Å²) in [5.74, 6) is 0.340. The number of pyridine rings is 1. The smallest absolute Gasteiger partial charge is 0.243 e. The second kappa shape index (κ2) is 6.63. The molecule has 118 valence electrons. The molecule has 2 rings (SSSR count). The van der Waals surface area contributed by atoms with E-state index in [0.29, 0.717) is 24.4 Å². The molecular formula is C15H23ClN2O2S. The highest BCUT2D eigenvalue weighted by Crippen LogP contribution is 2.39. The number of piperidine rings is 1. The van der Waals surface area contributed by atoms with Gasteiger partial charge in [-0.1, -0.05) is 32.8 Å². The molecule has 21 heavy (non-hydrogen) atoms. The third kappa shape index (κ3) is 3.41. The van der Waals surface area contributed by atoms with E-state index < -0.39 is 10.0 Å². The molecule has 0 bridgehead atoms. The average Bonchev–Trinajstić information content (AvgIpc) is 2.55. The molecule has 1 aromatic rings. The Hall–Kier alpha value is -0.650. The van der Waals surface area contributed by atoms with Crippen molar-refractivity contribution < 1.29 is 8.42 Å². The van der Waals surface area contributed by atoms with E-state index in [4.69, 9.17) is 11.6 Å². The molecule has 4 nitrogen and oxygen atoms in total. The summed E-state index contributed by atoms with van der Waals surface area (Å²) in [6, 6.07) is 3.27. The lowest BCUT2D eigenvalue weighted by Gasteiger charge is -2.40. The van der Waals surface area contributed by atoms with Crippen molar-refractivity contribution >= 4 is 21.6 Å². The Balaban J connectivity index is 2.14. The highest BCUT2D eigenvalue weighted by molar-refractivity contribution is 7.89. The molecule has 1 aliphatic rings. The van der Waals surface area contributed by atoms with E-state index in [9.17, 15) is 8.42 Å². The topological polar surface area (TPSA) is 50.3 Å². The van der Waals surface area contributed by atoms with Crippen LogP contribution in [0.3, 0.4) is 0 Å². The molecule has 0 spiro atoms. The van der Waals surface area contributed by atoms with Crippen LogP contribution >= 0.6 is 11.6 Å². The Kier molecular flexibility index (Phi) is 5.28. The highest BCUT2D eigenvalue weighted by atomic mass is 35.5. The lowest BCUT2D eigenvalue weighted by Crippen LogP contribution is -2.42. The minimum absolute atomic E-state index is 0.122. The van der Waals surface area contributed by atoms with Gasteiger partial charge in [0, 0.05) is 25.2 Å². The quantitative estimate of drug-likeness (QED) is 0.777. The van der Waals surface area contributed by atoms with E-state index in [-0.39, 0.29) is 5.03 Å². The number of hydrogen-bond acceptors (Lipinski definition) is 3. The van der Waals surface area contributed by atoms with E-state index in [1.807, 2.05) is 0 Å². The second-order valence-electron chi connectivity index (χ2n) is 5.75. The summed E-state index contributed by atoms with van der Waals surface area (Å²) in [7, 11) is -3.47. The van der Waals surface area contributed by atoms with Gasteiger partial charge in [-0.25, -0.2) is 13.4 Å². The van der Waals surface area contributed by atoms with E-state index in [2.05, 4.69) is 18.8 Å². The first-order valence-electron chi connectivity index (χ1n) is 7.48. The first kappa shape index (κ1) is 16.7. The zero-order valence-electron chi connectivity index (χ0n) is 12.7. The van der Waals surface area contributed by atoms with Gasteiger partial charge in [0.15, 0.2) is 5.03 Å². The van der Waals surface area contributed by atoms with Crippen molar-refractivity contribution in [1.82, 2.24) is 9.29 Å². The van der Waals surface area contributed by atoms with Gasteiger partial charge < -0.3 is 0 Å². The van der Waals surface area contributed by atoms with Gasteiger partial charge in [-0.15, -0.1) is 11.6 Å². The highest BCUT2D eigenvalue weighted by Gasteiger charge is 2.36. The number of rotatable bonds is 5. The van der Waals surface area contributed by atoms with Gasteiger partial charge >= 0.3 is 0 Å². The van der Waals surface area contributed by atoms with Crippen molar-refractivity contribution in [3.8, 4) is 0 Å². The molecule has 0 aliphatic carbocycles. The number of nitrogens with zero attached hydrogens (tertiary/aromatic N) is 2. The molecule has 2 heterocycles. The molecule has 1 fully saturated rings.